The van der Waals surface area contributed by atoms with Gasteiger partial charge in [0.1, 0.15) is 18.0 Å². The van der Waals surface area contributed by atoms with Gasteiger partial charge in [0.15, 0.2) is 5.65 Å². The van der Waals surface area contributed by atoms with E-state index in [2.05, 4.69) is 49.5 Å². The Morgan fingerprint density at radius 3 is 2.88 bits per heavy atom. The highest BCUT2D eigenvalue weighted by Gasteiger charge is 2.05. The molecule has 0 aliphatic heterocycles. The van der Waals surface area contributed by atoms with Gasteiger partial charge in [-0.05, 0) is 23.3 Å². The van der Waals surface area contributed by atoms with Crippen LogP contribution in [0.1, 0.15) is 11.1 Å². The van der Waals surface area contributed by atoms with Crippen LogP contribution in [0.15, 0.2) is 61.4 Å². The summed E-state index contributed by atoms with van der Waals surface area (Å²) < 4.78 is 2.04. The summed E-state index contributed by atoms with van der Waals surface area (Å²) in [6.45, 7) is 1.46. The summed E-state index contributed by atoms with van der Waals surface area (Å²) in [5.74, 6) is 1.20. The van der Waals surface area contributed by atoms with E-state index in [0.717, 1.165) is 17.7 Å². The molecule has 0 fully saturated rings. The molecule has 0 bridgehead atoms. The minimum absolute atomic E-state index is 0.448. The van der Waals surface area contributed by atoms with E-state index in [0.29, 0.717) is 18.0 Å². The van der Waals surface area contributed by atoms with Gasteiger partial charge in [-0.1, -0.05) is 24.3 Å². The summed E-state index contributed by atoms with van der Waals surface area (Å²) in [6.07, 6.45) is 7.05. The predicted molar refractivity (Wildman–Crippen MR) is 96.8 cm³/mol. The van der Waals surface area contributed by atoms with Crippen molar-refractivity contribution in [1.29, 1.82) is 0 Å². The maximum absolute atomic E-state index is 5.71. The van der Waals surface area contributed by atoms with Crippen LogP contribution in [0, 0.1) is 0 Å². The Bertz CT molecular complexity index is 995. The van der Waals surface area contributed by atoms with Crippen LogP contribution >= 0.6 is 0 Å². The van der Waals surface area contributed by atoms with Crippen molar-refractivity contribution in [3.63, 3.8) is 0 Å². The second kappa shape index (κ2) is 6.56. The normalized spacial score (nSPS) is 10.9. The predicted octanol–water partition coefficient (Wildman–Crippen LogP) is 2.46. The number of rotatable bonds is 5. The maximum Gasteiger partial charge on any atom is 0.166 e. The van der Waals surface area contributed by atoms with E-state index in [9.17, 15) is 0 Å². The van der Waals surface area contributed by atoms with Gasteiger partial charge in [-0.3, -0.25) is 0 Å². The van der Waals surface area contributed by atoms with Crippen molar-refractivity contribution in [2.75, 3.05) is 11.1 Å². The standard InChI is InChI=1S/C18H17N7/c19-16-5-4-15-17(22-11-23-18(15)24-16)21-9-13-2-1-3-14(8-13)10-25-7-6-20-12-25/h1-8,11-12H,9-10H2,(H3,19,21,22,23,24). The number of nitrogen functional groups attached to an aromatic ring is 1. The van der Waals surface area contributed by atoms with Gasteiger partial charge in [0, 0.05) is 25.5 Å². The van der Waals surface area contributed by atoms with E-state index in [-0.39, 0.29) is 0 Å². The average molecular weight is 331 g/mol. The third kappa shape index (κ3) is 3.40. The molecule has 0 radical (unpaired) electrons. The minimum Gasteiger partial charge on any atom is -0.384 e. The van der Waals surface area contributed by atoms with Crippen LogP contribution in [0.25, 0.3) is 11.0 Å². The number of hydrogen-bond acceptors (Lipinski definition) is 6. The molecule has 0 spiro atoms. The number of pyridine rings is 1. The Labute approximate surface area is 144 Å². The first-order valence-corrected chi connectivity index (χ1v) is 7.92. The third-order valence-corrected chi connectivity index (χ3v) is 3.89. The molecule has 3 aromatic heterocycles. The van der Waals surface area contributed by atoms with Gasteiger partial charge in [-0.2, -0.15) is 0 Å². The Morgan fingerprint density at radius 2 is 2.00 bits per heavy atom. The molecule has 0 saturated carbocycles. The van der Waals surface area contributed by atoms with Gasteiger partial charge in [-0.25, -0.2) is 19.9 Å². The molecule has 3 heterocycles. The lowest BCUT2D eigenvalue weighted by molar-refractivity contribution is 0.796. The summed E-state index contributed by atoms with van der Waals surface area (Å²) in [7, 11) is 0. The van der Waals surface area contributed by atoms with Crippen LogP contribution in [-0.2, 0) is 13.1 Å². The van der Waals surface area contributed by atoms with Gasteiger partial charge >= 0.3 is 0 Å². The molecule has 0 saturated heterocycles. The first-order valence-electron chi connectivity index (χ1n) is 7.92. The molecule has 7 nitrogen and oxygen atoms in total. The molecule has 0 atom stereocenters. The van der Waals surface area contributed by atoms with Gasteiger partial charge in [0.2, 0.25) is 0 Å². The minimum atomic E-state index is 0.448. The van der Waals surface area contributed by atoms with E-state index >= 15 is 0 Å². The highest BCUT2D eigenvalue weighted by Crippen LogP contribution is 2.19. The van der Waals surface area contributed by atoms with Crippen molar-refractivity contribution in [2.45, 2.75) is 13.1 Å². The number of nitrogens with one attached hydrogen (secondary N) is 1. The van der Waals surface area contributed by atoms with E-state index in [1.54, 1.807) is 12.3 Å². The van der Waals surface area contributed by atoms with Crippen LogP contribution in [0.5, 0.6) is 0 Å². The number of hydrogen-bond donors (Lipinski definition) is 2. The van der Waals surface area contributed by atoms with Crippen molar-refractivity contribution in [2.24, 2.45) is 0 Å². The Morgan fingerprint density at radius 1 is 1.08 bits per heavy atom. The quantitative estimate of drug-likeness (QED) is 0.583. The lowest BCUT2D eigenvalue weighted by Gasteiger charge is -2.10. The molecule has 0 aliphatic carbocycles. The van der Waals surface area contributed by atoms with Crippen LogP contribution in [-0.4, -0.2) is 24.5 Å². The summed E-state index contributed by atoms with van der Waals surface area (Å²) >= 11 is 0. The number of nitrogens with zero attached hydrogens (tertiary/aromatic N) is 5. The second-order valence-corrected chi connectivity index (χ2v) is 5.74. The Balaban J connectivity index is 1.52. The molecular weight excluding hydrogens is 314 g/mol. The van der Waals surface area contributed by atoms with Crippen LogP contribution < -0.4 is 11.1 Å². The molecule has 124 valence electrons. The fourth-order valence-corrected chi connectivity index (χ4v) is 2.71. The van der Waals surface area contributed by atoms with Crippen molar-refractivity contribution in [3.05, 3.63) is 72.6 Å². The molecule has 0 unspecified atom stereocenters. The molecular formula is C18H17N7. The first-order chi connectivity index (χ1) is 12.3. The molecule has 4 rings (SSSR count). The largest absolute Gasteiger partial charge is 0.384 e. The van der Waals surface area contributed by atoms with Crippen molar-refractivity contribution >= 4 is 22.7 Å². The summed E-state index contributed by atoms with van der Waals surface area (Å²) in [6, 6.07) is 12.1. The molecule has 25 heavy (non-hydrogen) atoms. The molecule has 3 N–H and O–H groups in total. The third-order valence-electron chi connectivity index (χ3n) is 3.89. The average Bonchev–Trinajstić information content (AvgIpc) is 3.13. The first kappa shape index (κ1) is 15.1. The monoisotopic (exact) mass is 331 g/mol. The highest BCUT2D eigenvalue weighted by molar-refractivity contribution is 5.87. The topological polar surface area (TPSA) is 94.5 Å². The molecule has 0 amide bonds. The molecule has 4 aromatic rings. The molecule has 7 heteroatoms. The number of nitrogens with two attached hydrogens (primary N) is 1. The Hall–Kier alpha value is -3.48. The molecule has 1 aromatic carbocycles. The fourth-order valence-electron chi connectivity index (χ4n) is 2.71. The van der Waals surface area contributed by atoms with Crippen LogP contribution in [0.3, 0.4) is 0 Å². The lowest BCUT2D eigenvalue weighted by Crippen LogP contribution is -2.04. The second-order valence-electron chi connectivity index (χ2n) is 5.74. The summed E-state index contributed by atoms with van der Waals surface area (Å²) in [4.78, 5) is 16.8. The van der Waals surface area contributed by atoms with E-state index in [1.807, 2.05) is 23.2 Å². The zero-order valence-corrected chi connectivity index (χ0v) is 13.5. The summed E-state index contributed by atoms with van der Waals surface area (Å²) in [5, 5.41) is 4.21. The number of anilines is 2. The zero-order valence-electron chi connectivity index (χ0n) is 13.5. The van der Waals surface area contributed by atoms with Gasteiger partial charge < -0.3 is 15.6 Å². The van der Waals surface area contributed by atoms with E-state index in [1.165, 1.54) is 17.5 Å². The SMILES string of the molecule is Nc1ccc2c(NCc3cccc(Cn4ccnc4)c3)ncnc2n1. The zero-order chi connectivity index (χ0) is 17.1. The smallest absolute Gasteiger partial charge is 0.166 e. The van der Waals surface area contributed by atoms with Crippen molar-refractivity contribution < 1.29 is 0 Å². The lowest BCUT2D eigenvalue weighted by atomic mass is 10.1. The molecule has 0 aliphatic rings. The van der Waals surface area contributed by atoms with Gasteiger partial charge in [-0.15, -0.1) is 0 Å². The Kier molecular flexibility index (Phi) is 3.96. The number of benzene rings is 1. The summed E-state index contributed by atoms with van der Waals surface area (Å²) in [5.41, 5.74) is 8.70. The number of imidazole rings is 1. The van der Waals surface area contributed by atoms with Crippen LogP contribution in [0.2, 0.25) is 0 Å². The van der Waals surface area contributed by atoms with Crippen LogP contribution in [0.4, 0.5) is 11.6 Å². The van der Waals surface area contributed by atoms with Crippen molar-refractivity contribution in [1.82, 2.24) is 24.5 Å². The van der Waals surface area contributed by atoms with Gasteiger partial charge in [0.25, 0.3) is 0 Å². The van der Waals surface area contributed by atoms with Gasteiger partial charge in [0.05, 0.1) is 11.7 Å². The van der Waals surface area contributed by atoms with E-state index in [4.69, 9.17) is 5.73 Å². The highest BCUT2D eigenvalue weighted by atomic mass is 15.0. The number of fused-ring (bicyclic) bond motifs is 1. The maximum atomic E-state index is 5.71. The van der Waals surface area contributed by atoms with Crippen molar-refractivity contribution in [3.8, 4) is 0 Å². The van der Waals surface area contributed by atoms with E-state index < -0.39 is 0 Å². The fraction of sp³-hybridized carbons (Fsp3) is 0.111. The number of aromatic nitrogens is 5.